The molecule has 0 bridgehead atoms. The molecular formula is C13H30N6. The van der Waals surface area contributed by atoms with E-state index in [9.17, 15) is 0 Å². The number of hydrogen-bond donors (Lipinski definition) is 4. The van der Waals surface area contributed by atoms with Gasteiger partial charge in [0.25, 0.3) is 0 Å². The summed E-state index contributed by atoms with van der Waals surface area (Å²) in [5, 5.41) is 6.29. The monoisotopic (exact) mass is 270 g/mol. The molecule has 0 rings (SSSR count). The fourth-order valence-electron chi connectivity index (χ4n) is 1.52. The van der Waals surface area contributed by atoms with E-state index in [1.807, 2.05) is 27.7 Å². The van der Waals surface area contributed by atoms with Crippen molar-refractivity contribution in [3.63, 3.8) is 0 Å². The van der Waals surface area contributed by atoms with Crippen molar-refractivity contribution in [2.24, 2.45) is 21.5 Å². The predicted molar refractivity (Wildman–Crippen MR) is 83.4 cm³/mol. The van der Waals surface area contributed by atoms with Crippen molar-refractivity contribution in [2.75, 3.05) is 13.1 Å². The summed E-state index contributed by atoms with van der Waals surface area (Å²) in [6, 6.07) is 0. The molecule has 0 radical (unpaired) electrons. The number of nitrogens with two attached hydrogens (primary N) is 2. The van der Waals surface area contributed by atoms with Crippen molar-refractivity contribution < 1.29 is 0 Å². The summed E-state index contributed by atoms with van der Waals surface area (Å²) < 4.78 is 0. The molecule has 0 heterocycles. The van der Waals surface area contributed by atoms with Gasteiger partial charge in [0.2, 0.25) is 0 Å². The summed E-state index contributed by atoms with van der Waals surface area (Å²) in [5.41, 5.74) is 11.3. The average Bonchev–Trinajstić information content (AvgIpc) is 2.12. The predicted octanol–water partition coefficient (Wildman–Crippen LogP) is 0.782. The highest BCUT2D eigenvalue weighted by Gasteiger charge is 2.18. The lowest BCUT2D eigenvalue weighted by Gasteiger charge is -2.27. The van der Waals surface area contributed by atoms with Crippen molar-refractivity contribution in [3.05, 3.63) is 0 Å². The quantitative estimate of drug-likeness (QED) is 0.438. The highest BCUT2D eigenvalue weighted by atomic mass is 15.1. The maximum atomic E-state index is 5.81. The van der Waals surface area contributed by atoms with Gasteiger partial charge in [-0.15, -0.1) is 0 Å². The van der Waals surface area contributed by atoms with Crippen LogP contribution in [0.15, 0.2) is 9.98 Å². The molecule has 0 aromatic heterocycles. The Morgan fingerprint density at radius 3 is 2.11 bits per heavy atom. The molecule has 112 valence electrons. The second-order valence-electron chi connectivity index (χ2n) is 6.21. The SMILES string of the molecule is CCN=C(N)NC(C)(C)CCNC(N)=NC(C)(C)C. The molecule has 0 aromatic carbocycles. The Morgan fingerprint density at radius 1 is 1.05 bits per heavy atom. The van der Waals surface area contributed by atoms with E-state index in [4.69, 9.17) is 11.5 Å². The van der Waals surface area contributed by atoms with Gasteiger partial charge in [-0.05, 0) is 48.0 Å². The van der Waals surface area contributed by atoms with Gasteiger partial charge >= 0.3 is 0 Å². The lowest BCUT2D eigenvalue weighted by molar-refractivity contribution is 0.422. The third-order valence-corrected chi connectivity index (χ3v) is 2.31. The van der Waals surface area contributed by atoms with Crippen LogP contribution in [0.3, 0.4) is 0 Å². The van der Waals surface area contributed by atoms with Gasteiger partial charge in [-0.1, -0.05) is 0 Å². The molecule has 6 N–H and O–H groups in total. The number of guanidine groups is 2. The maximum Gasteiger partial charge on any atom is 0.189 e. The van der Waals surface area contributed by atoms with Gasteiger partial charge in [0.1, 0.15) is 0 Å². The van der Waals surface area contributed by atoms with Gasteiger partial charge in [0.15, 0.2) is 11.9 Å². The second kappa shape index (κ2) is 7.21. The fourth-order valence-corrected chi connectivity index (χ4v) is 1.52. The summed E-state index contributed by atoms with van der Waals surface area (Å²) >= 11 is 0. The average molecular weight is 270 g/mol. The van der Waals surface area contributed by atoms with Gasteiger partial charge < -0.3 is 22.1 Å². The molecule has 6 heteroatoms. The van der Waals surface area contributed by atoms with E-state index >= 15 is 0 Å². The van der Waals surface area contributed by atoms with Crippen LogP contribution < -0.4 is 22.1 Å². The Kier molecular flexibility index (Phi) is 6.65. The van der Waals surface area contributed by atoms with Crippen LogP contribution in [0.4, 0.5) is 0 Å². The molecule has 0 unspecified atom stereocenters. The normalized spacial score (nSPS) is 14.4. The van der Waals surface area contributed by atoms with Crippen LogP contribution in [0.1, 0.15) is 48.0 Å². The first-order chi connectivity index (χ1) is 8.56. The van der Waals surface area contributed by atoms with Gasteiger partial charge in [-0.2, -0.15) is 0 Å². The Labute approximate surface area is 117 Å². The molecule has 0 saturated heterocycles. The first-order valence-corrected chi connectivity index (χ1v) is 6.73. The van der Waals surface area contributed by atoms with E-state index in [1.54, 1.807) is 0 Å². The zero-order valence-electron chi connectivity index (χ0n) is 13.2. The standard InChI is InChI=1S/C13H30N6/c1-7-16-10(14)19-13(5,6)8-9-17-11(15)18-12(2,3)4/h7-9H2,1-6H3,(H3,14,16,19)(H3,15,17,18). The van der Waals surface area contributed by atoms with Crippen LogP contribution in [0.25, 0.3) is 0 Å². The minimum absolute atomic E-state index is 0.141. The van der Waals surface area contributed by atoms with E-state index in [2.05, 4.69) is 34.5 Å². The van der Waals surface area contributed by atoms with Crippen LogP contribution >= 0.6 is 0 Å². The van der Waals surface area contributed by atoms with Crippen molar-refractivity contribution in [3.8, 4) is 0 Å². The first-order valence-electron chi connectivity index (χ1n) is 6.73. The van der Waals surface area contributed by atoms with Crippen LogP contribution in [0.5, 0.6) is 0 Å². The van der Waals surface area contributed by atoms with Gasteiger partial charge in [-0.3, -0.25) is 4.99 Å². The van der Waals surface area contributed by atoms with E-state index < -0.39 is 0 Å². The first kappa shape index (κ1) is 17.5. The van der Waals surface area contributed by atoms with Crippen LogP contribution in [0, 0.1) is 0 Å². The molecule has 19 heavy (non-hydrogen) atoms. The van der Waals surface area contributed by atoms with E-state index in [1.165, 1.54) is 0 Å². The van der Waals surface area contributed by atoms with Crippen LogP contribution in [-0.4, -0.2) is 36.1 Å². The van der Waals surface area contributed by atoms with Gasteiger partial charge in [-0.25, -0.2) is 4.99 Å². The maximum absolute atomic E-state index is 5.81. The molecule has 6 nitrogen and oxygen atoms in total. The number of rotatable bonds is 5. The third-order valence-electron chi connectivity index (χ3n) is 2.31. The van der Waals surface area contributed by atoms with E-state index in [-0.39, 0.29) is 11.1 Å². The number of aliphatic imine (C=N–C) groups is 2. The molecule has 0 aliphatic carbocycles. The highest BCUT2D eigenvalue weighted by Crippen LogP contribution is 2.07. The lowest BCUT2D eigenvalue weighted by Crippen LogP contribution is -2.49. The third kappa shape index (κ3) is 10.2. The summed E-state index contributed by atoms with van der Waals surface area (Å²) in [6.07, 6.45) is 0.854. The Hall–Kier alpha value is -1.46. The number of hydrogen-bond acceptors (Lipinski definition) is 2. The highest BCUT2D eigenvalue weighted by molar-refractivity contribution is 5.79. The molecule has 0 aliphatic rings. The lowest BCUT2D eigenvalue weighted by atomic mass is 10.0. The largest absolute Gasteiger partial charge is 0.370 e. The smallest absolute Gasteiger partial charge is 0.189 e. The van der Waals surface area contributed by atoms with Crippen LogP contribution in [0.2, 0.25) is 0 Å². The van der Waals surface area contributed by atoms with Crippen molar-refractivity contribution >= 4 is 11.9 Å². The molecule has 0 spiro atoms. The zero-order valence-corrected chi connectivity index (χ0v) is 13.2. The Morgan fingerprint density at radius 2 is 1.63 bits per heavy atom. The fraction of sp³-hybridized carbons (Fsp3) is 0.846. The van der Waals surface area contributed by atoms with E-state index in [0.717, 1.165) is 13.0 Å². The zero-order chi connectivity index (χ0) is 15.1. The Balaban J connectivity index is 4.19. The van der Waals surface area contributed by atoms with Crippen molar-refractivity contribution in [2.45, 2.75) is 59.0 Å². The number of nitrogens with zero attached hydrogens (tertiary/aromatic N) is 2. The molecule has 0 saturated carbocycles. The van der Waals surface area contributed by atoms with Gasteiger partial charge in [0.05, 0.1) is 5.54 Å². The van der Waals surface area contributed by atoms with Crippen molar-refractivity contribution in [1.29, 1.82) is 0 Å². The minimum atomic E-state index is -0.164. The van der Waals surface area contributed by atoms with Crippen LogP contribution in [-0.2, 0) is 0 Å². The molecule has 0 aromatic rings. The molecule has 0 atom stereocenters. The summed E-state index contributed by atoms with van der Waals surface area (Å²) in [4.78, 5) is 8.45. The topological polar surface area (TPSA) is 101 Å². The molecular weight excluding hydrogens is 240 g/mol. The summed E-state index contributed by atoms with van der Waals surface area (Å²) in [6.45, 7) is 13.5. The number of nitrogens with one attached hydrogen (secondary N) is 2. The molecule has 0 aliphatic heterocycles. The van der Waals surface area contributed by atoms with E-state index in [0.29, 0.717) is 18.5 Å². The summed E-state index contributed by atoms with van der Waals surface area (Å²) in [7, 11) is 0. The molecule has 0 amide bonds. The van der Waals surface area contributed by atoms with Gasteiger partial charge in [0, 0.05) is 18.6 Å². The van der Waals surface area contributed by atoms with Crippen molar-refractivity contribution in [1.82, 2.24) is 10.6 Å². The summed E-state index contributed by atoms with van der Waals surface area (Å²) in [5.74, 6) is 0.947. The minimum Gasteiger partial charge on any atom is -0.370 e. The second-order valence-corrected chi connectivity index (χ2v) is 6.21. The molecule has 0 fully saturated rings. The Bertz CT molecular complexity index is 325.